The van der Waals surface area contributed by atoms with Crippen LogP contribution in [0, 0.1) is 5.82 Å². The van der Waals surface area contributed by atoms with E-state index < -0.39 is 0 Å². The topological polar surface area (TPSA) is 60.1 Å². The Kier molecular flexibility index (Phi) is 7.44. The van der Waals surface area contributed by atoms with Crippen molar-refractivity contribution in [1.29, 1.82) is 0 Å². The fraction of sp³-hybridized carbons (Fsp3) is 0.391. The Morgan fingerprint density at radius 2 is 1.75 bits per heavy atom. The van der Waals surface area contributed by atoms with Crippen LogP contribution in [0.15, 0.2) is 41.5 Å². The molecule has 0 bridgehead atoms. The second-order valence-corrected chi connectivity index (χ2v) is 8.99. The predicted molar refractivity (Wildman–Crippen MR) is 134 cm³/mol. The van der Waals surface area contributed by atoms with E-state index >= 15 is 4.39 Å². The van der Waals surface area contributed by atoms with Gasteiger partial charge < -0.3 is 15.5 Å². The highest BCUT2D eigenvalue weighted by Gasteiger charge is 2.23. The van der Waals surface area contributed by atoms with E-state index in [1.165, 1.54) is 0 Å². The highest BCUT2D eigenvalue weighted by molar-refractivity contribution is 7.80. The minimum Gasteiger partial charge on any atom is -0.375 e. The van der Waals surface area contributed by atoms with E-state index in [0.717, 1.165) is 74.9 Å². The number of hydrogen-bond donors (Lipinski definition) is 2. The number of rotatable bonds is 6. The number of piperazine rings is 1. The van der Waals surface area contributed by atoms with Crippen molar-refractivity contribution in [1.82, 2.24) is 10.3 Å². The largest absolute Gasteiger partial charge is 0.375 e. The Morgan fingerprint density at radius 3 is 2.44 bits per heavy atom. The monoisotopic (exact) mass is 474 g/mol. The SMILES string of the molecule is NC(=S)NN=Cc1cc(F)c(N2CCN(Cc3ccccc3Cl)CC2)cc1N1CCCC1. The van der Waals surface area contributed by atoms with Crippen LogP contribution in [-0.4, -0.2) is 55.5 Å². The van der Waals surface area contributed by atoms with Crippen LogP contribution in [0.3, 0.4) is 0 Å². The number of benzene rings is 2. The average molecular weight is 475 g/mol. The third kappa shape index (κ3) is 5.49. The molecule has 0 amide bonds. The maximum Gasteiger partial charge on any atom is 0.184 e. The summed E-state index contributed by atoms with van der Waals surface area (Å²) in [7, 11) is 0. The molecule has 0 radical (unpaired) electrons. The van der Waals surface area contributed by atoms with E-state index in [1.54, 1.807) is 12.3 Å². The zero-order valence-electron chi connectivity index (χ0n) is 17.9. The third-order valence-corrected chi connectivity index (χ3v) is 6.45. The number of nitrogens with two attached hydrogens (primary N) is 1. The van der Waals surface area contributed by atoms with Crippen LogP contribution in [0.25, 0.3) is 0 Å². The van der Waals surface area contributed by atoms with Crippen molar-refractivity contribution in [3.63, 3.8) is 0 Å². The van der Waals surface area contributed by atoms with Crippen molar-refractivity contribution in [3.8, 4) is 0 Å². The van der Waals surface area contributed by atoms with E-state index in [1.807, 2.05) is 24.3 Å². The molecule has 0 saturated carbocycles. The first-order valence-electron chi connectivity index (χ1n) is 10.9. The molecule has 32 heavy (non-hydrogen) atoms. The molecule has 2 aromatic rings. The molecule has 0 spiro atoms. The van der Waals surface area contributed by atoms with Crippen LogP contribution in [-0.2, 0) is 6.54 Å². The lowest BCUT2D eigenvalue weighted by molar-refractivity contribution is 0.249. The number of anilines is 2. The van der Waals surface area contributed by atoms with E-state index in [4.69, 9.17) is 29.6 Å². The van der Waals surface area contributed by atoms with Gasteiger partial charge in [-0.25, -0.2) is 4.39 Å². The number of hydrazone groups is 1. The minimum atomic E-state index is -0.246. The van der Waals surface area contributed by atoms with Gasteiger partial charge in [-0.3, -0.25) is 10.3 Å². The van der Waals surface area contributed by atoms with Crippen LogP contribution < -0.4 is 21.0 Å². The lowest BCUT2D eigenvalue weighted by Gasteiger charge is -2.37. The van der Waals surface area contributed by atoms with E-state index in [9.17, 15) is 0 Å². The van der Waals surface area contributed by atoms with Crippen LogP contribution in [0.5, 0.6) is 0 Å². The molecular formula is C23H28ClFN6S. The number of nitrogens with zero attached hydrogens (tertiary/aromatic N) is 4. The molecule has 2 saturated heterocycles. The van der Waals surface area contributed by atoms with Gasteiger partial charge in [0.15, 0.2) is 5.11 Å². The second-order valence-electron chi connectivity index (χ2n) is 8.15. The van der Waals surface area contributed by atoms with Gasteiger partial charge in [0.1, 0.15) is 5.82 Å². The molecule has 0 unspecified atom stereocenters. The van der Waals surface area contributed by atoms with Gasteiger partial charge in [-0.1, -0.05) is 29.8 Å². The van der Waals surface area contributed by atoms with Crippen LogP contribution in [0.1, 0.15) is 24.0 Å². The van der Waals surface area contributed by atoms with Crippen molar-refractivity contribution in [3.05, 3.63) is 58.4 Å². The molecule has 4 rings (SSSR count). The summed E-state index contributed by atoms with van der Waals surface area (Å²) in [4.78, 5) is 6.78. The highest BCUT2D eigenvalue weighted by atomic mass is 35.5. The highest BCUT2D eigenvalue weighted by Crippen LogP contribution is 2.32. The summed E-state index contributed by atoms with van der Waals surface area (Å²) in [5, 5.41) is 4.92. The summed E-state index contributed by atoms with van der Waals surface area (Å²) in [6.07, 6.45) is 3.85. The van der Waals surface area contributed by atoms with Crippen LogP contribution in [0.4, 0.5) is 15.8 Å². The van der Waals surface area contributed by atoms with Gasteiger partial charge >= 0.3 is 0 Å². The Balaban J connectivity index is 1.49. The number of hydrogen-bond acceptors (Lipinski definition) is 5. The maximum absolute atomic E-state index is 15.2. The van der Waals surface area contributed by atoms with Gasteiger partial charge in [-0.2, -0.15) is 5.10 Å². The molecule has 2 aromatic carbocycles. The van der Waals surface area contributed by atoms with Gasteiger partial charge in [-0.05, 0) is 48.8 Å². The summed E-state index contributed by atoms with van der Waals surface area (Å²) >= 11 is 11.1. The smallest absolute Gasteiger partial charge is 0.184 e. The fourth-order valence-electron chi connectivity index (χ4n) is 4.32. The molecule has 3 N–H and O–H groups in total. The first-order valence-corrected chi connectivity index (χ1v) is 11.7. The van der Waals surface area contributed by atoms with Crippen molar-refractivity contribution in [2.24, 2.45) is 10.8 Å². The minimum absolute atomic E-state index is 0.0794. The van der Waals surface area contributed by atoms with Crippen molar-refractivity contribution < 1.29 is 4.39 Å². The summed E-state index contributed by atoms with van der Waals surface area (Å²) in [6.45, 7) is 5.95. The van der Waals surface area contributed by atoms with Gasteiger partial charge in [0.2, 0.25) is 0 Å². The summed E-state index contributed by atoms with van der Waals surface area (Å²) in [5.74, 6) is -0.246. The van der Waals surface area contributed by atoms with Crippen molar-refractivity contribution in [2.75, 3.05) is 49.1 Å². The summed E-state index contributed by atoms with van der Waals surface area (Å²) in [6, 6.07) is 11.5. The Labute approximate surface area is 198 Å². The van der Waals surface area contributed by atoms with Crippen LogP contribution in [0.2, 0.25) is 5.02 Å². The van der Waals surface area contributed by atoms with Gasteiger partial charge in [0.05, 0.1) is 11.9 Å². The van der Waals surface area contributed by atoms with Crippen molar-refractivity contribution in [2.45, 2.75) is 19.4 Å². The number of thiocarbonyl (C=S) groups is 1. The van der Waals surface area contributed by atoms with E-state index in [0.29, 0.717) is 11.3 Å². The molecule has 0 aromatic heterocycles. The molecule has 2 fully saturated rings. The van der Waals surface area contributed by atoms with Gasteiger partial charge in [0.25, 0.3) is 0 Å². The normalized spacial score (nSPS) is 17.3. The van der Waals surface area contributed by atoms with Crippen LogP contribution >= 0.6 is 23.8 Å². The van der Waals surface area contributed by atoms with Gasteiger partial charge in [-0.15, -0.1) is 0 Å². The first kappa shape index (κ1) is 22.8. The standard InChI is InChI=1S/C23H28ClFN6S/c24-19-6-2-1-5-17(19)16-29-9-11-31(12-10-29)22-14-21(30-7-3-4-8-30)18(13-20(22)25)15-27-28-23(26)32/h1-2,5-6,13-15H,3-4,7-12,16H2,(H3,26,28,32). The summed E-state index contributed by atoms with van der Waals surface area (Å²) in [5.41, 5.74) is 11.5. The fourth-order valence-corrected chi connectivity index (χ4v) is 4.57. The second kappa shape index (κ2) is 10.5. The zero-order valence-corrected chi connectivity index (χ0v) is 19.5. The molecule has 9 heteroatoms. The molecule has 6 nitrogen and oxygen atoms in total. The number of halogens is 2. The van der Waals surface area contributed by atoms with Crippen molar-refractivity contribution >= 4 is 46.5 Å². The number of nitrogens with one attached hydrogen (secondary N) is 1. The molecule has 0 atom stereocenters. The quantitative estimate of drug-likeness (QED) is 0.379. The summed E-state index contributed by atoms with van der Waals surface area (Å²) < 4.78 is 15.2. The lowest BCUT2D eigenvalue weighted by Crippen LogP contribution is -2.46. The van der Waals surface area contributed by atoms with Gasteiger partial charge in [0, 0.05) is 62.1 Å². The average Bonchev–Trinajstić information content (AvgIpc) is 3.31. The van der Waals surface area contributed by atoms with E-state index in [-0.39, 0.29) is 10.9 Å². The third-order valence-electron chi connectivity index (χ3n) is 5.99. The molecule has 0 aliphatic carbocycles. The predicted octanol–water partition coefficient (Wildman–Crippen LogP) is 3.57. The lowest BCUT2D eigenvalue weighted by atomic mass is 10.1. The zero-order chi connectivity index (χ0) is 22.5. The van der Waals surface area contributed by atoms with E-state index in [2.05, 4.69) is 31.3 Å². The molecule has 2 aliphatic rings. The Bertz CT molecular complexity index is 986. The molecular weight excluding hydrogens is 447 g/mol. The molecule has 2 aliphatic heterocycles. The Morgan fingerprint density at radius 1 is 1.06 bits per heavy atom. The molecule has 170 valence electrons. The first-order chi connectivity index (χ1) is 15.5. The maximum atomic E-state index is 15.2. The molecule has 2 heterocycles. The Hall–Kier alpha value is -2.42.